The molecule has 1 amide bonds. The molecule has 2 aromatic carbocycles. The molecule has 0 bridgehead atoms. The summed E-state index contributed by atoms with van der Waals surface area (Å²) in [7, 11) is 3.35. The summed E-state index contributed by atoms with van der Waals surface area (Å²) in [5, 5.41) is 3.36. The zero-order chi connectivity index (χ0) is 23.1. The molecular formula is C27H36N2O4. The van der Waals surface area contributed by atoms with Gasteiger partial charge in [-0.2, -0.15) is 0 Å². The second-order valence-corrected chi connectivity index (χ2v) is 9.02. The van der Waals surface area contributed by atoms with Crippen LogP contribution in [0.15, 0.2) is 48.5 Å². The van der Waals surface area contributed by atoms with Crippen molar-refractivity contribution in [2.24, 2.45) is 0 Å². The van der Waals surface area contributed by atoms with E-state index < -0.39 is 5.41 Å². The van der Waals surface area contributed by atoms with Gasteiger partial charge < -0.3 is 19.5 Å². The zero-order valence-corrected chi connectivity index (χ0v) is 19.8. The van der Waals surface area contributed by atoms with E-state index in [1.165, 1.54) is 12.0 Å². The van der Waals surface area contributed by atoms with Crippen molar-refractivity contribution in [3.8, 4) is 11.5 Å². The van der Waals surface area contributed by atoms with Gasteiger partial charge in [-0.25, -0.2) is 0 Å². The molecule has 6 nitrogen and oxygen atoms in total. The first-order chi connectivity index (χ1) is 16.2. The molecule has 1 aliphatic carbocycles. The summed E-state index contributed by atoms with van der Waals surface area (Å²) < 4.78 is 16.3. The van der Waals surface area contributed by atoms with Crippen molar-refractivity contribution in [3.05, 3.63) is 59.7 Å². The minimum atomic E-state index is -0.472. The fourth-order valence-corrected chi connectivity index (χ4v) is 5.24. The summed E-state index contributed by atoms with van der Waals surface area (Å²) in [6.45, 7) is 3.72. The number of methoxy groups -OCH3 is 2. The number of hydrogen-bond donors (Lipinski definition) is 1. The van der Waals surface area contributed by atoms with Gasteiger partial charge in [-0.05, 0) is 48.2 Å². The second-order valence-electron chi connectivity index (χ2n) is 9.02. The first-order valence-electron chi connectivity index (χ1n) is 12.0. The molecule has 2 aliphatic rings. The van der Waals surface area contributed by atoms with Gasteiger partial charge in [-0.15, -0.1) is 0 Å². The third-order valence-electron chi connectivity index (χ3n) is 7.23. The lowest BCUT2D eigenvalue weighted by Gasteiger charge is -2.39. The van der Waals surface area contributed by atoms with Crippen molar-refractivity contribution in [2.45, 2.75) is 43.6 Å². The Morgan fingerprint density at radius 3 is 2.09 bits per heavy atom. The Labute approximate surface area is 197 Å². The number of amides is 1. The van der Waals surface area contributed by atoms with E-state index in [2.05, 4.69) is 34.5 Å². The maximum atomic E-state index is 13.8. The molecule has 4 rings (SSSR count). The Bertz CT molecular complexity index is 885. The molecule has 33 heavy (non-hydrogen) atoms. The van der Waals surface area contributed by atoms with Crippen LogP contribution in [0, 0.1) is 0 Å². The highest BCUT2D eigenvalue weighted by molar-refractivity contribution is 5.88. The highest BCUT2D eigenvalue weighted by Gasteiger charge is 2.41. The summed E-state index contributed by atoms with van der Waals surface area (Å²) in [4.78, 5) is 16.2. The van der Waals surface area contributed by atoms with Gasteiger partial charge >= 0.3 is 0 Å². The average Bonchev–Trinajstić information content (AvgIpc) is 2.90. The number of ether oxygens (including phenoxy) is 3. The van der Waals surface area contributed by atoms with Gasteiger partial charge in [-0.1, -0.05) is 43.5 Å². The molecule has 178 valence electrons. The van der Waals surface area contributed by atoms with Crippen molar-refractivity contribution < 1.29 is 19.0 Å². The van der Waals surface area contributed by atoms with Crippen LogP contribution in [0.1, 0.15) is 49.3 Å². The van der Waals surface area contributed by atoms with Gasteiger partial charge in [0.05, 0.1) is 38.9 Å². The van der Waals surface area contributed by atoms with E-state index in [-0.39, 0.29) is 11.9 Å². The van der Waals surface area contributed by atoms with Crippen LogP contribution in [0.5, 0.6) is 11.5 Å². The molecule has 2 aromatic rings. The van der Waals surface area contributed by atoms with E-state index in [4.69, 9.17) is 14.2 Å². The fourth-order valence-electron chi connectivity index (χ4n) is 5.24. The van der Waals surface area contributed by atoms with E-state index in [1.54, 1.807) is 14.2 Å². The minimum absolute atomic E-state index is 0.0975. The Kier molecular flexibility index (Phi) is 7.89. The Hall–Kier alpha value is -2.57. The van der Waals surface area contributed by atoms with Crippen molar-refractivity contribution in [1.82, 2.24) is 10.2 Å². The predicted molar refractivity (Wildman–Crippen MR) is 129 cm³/mol. The standard InChI is InChI=1S/C27H36N2O4/c1-31-23-10-6-21(7-11-23)25(29-16-18-33-19-17-29)20-28-26(30)27(14-4-3-5-15-27)22-8-12-24(32-2)13-9-22/h6-13,25H,3-5,14-20H2,1-2H3,(H,28,30). The average molecular weight is 453 g/mol. The molecule has 1 unspecified atom stereocenters. The first-order valence-corrected chi connectivity index (χ1v) is 12.0. The Morgan fingerprint density at radius 1 is 0.939 bits per heavy atom. The number of rotatable bonds is 8. The molecule has 2 fully saturated rings. The monoisotopic (exact) mass is 452 g/mol. The lowest BCUT2D eigenvalue weighted by molar-refractivity contribution is -0.128. The van der Waals surface area contributed by atoms with E-state index in [0.29, 0.717) is 6.54 Å². The van der Waals surface area contributed by atoms with Crippen molar-refractivity contribution >= 4 is 5.91 Å². The van der Waals surface area contributed by atoms with Gasteiger partial charge in [0, 0.05) is 19.6 Å². The van der Waals surface area contributed by atoms with Crippen molar-refractivity contribution in [3.63, 3.8) is 0 Å². The molecular weight excluding hydrogens is 416 g/mol. The summed E-state index contributed by atoms with van der Waals surface area (Å²) in [6, 6.07) is 16.3. The fraction of sp³-hybridized carbons (Fsp3) is 0.519. The van der Waals surface area contributed by atoms with Crippen LogP contribution in [0.2, 0.25) is 0 Å². The third-order valence-corrected chi connectivity index (χ3v) is 7.23. The molecule has 0 spiro atoms. The predicted octanol–water partition coefficient (Wildman–Crippen LogP) is 4.10. The number of nitrogens with one attached hydrogen (secondary N) is 1. The molecule has 1 aliphatic heterocycles. The normalized spacial score (nSPS) is 19.5. The SMILES string of the molecule is COc1ccc(C(CNC(=O)C2(c3ccc(OC)cc3)CCCCC2)N2CCOCC2)cc1. The molecule has 0 radical (unpaired) electrons. The van der Waals surface area contributed by atoms with Crippen LogP contribution in [-0.2, 0) is 14.9 Å². The van der Waals surface area contributed by atoms with E-state index >= 15 is 0 Å². The molecule has 1 N–H and O–H groups in total. The quantitative estimate of drug-likeness (QED) is 0.654. The van der Waals surface area contributed by atoms with Crippen LogP contribution in [0.25, 0.3) is 0 Å². The van der Waals surface area contributed by atoms with E-state index in [0.717, 1.165) is 69.0 Å². The van der Waals surface area contributed by atoms with Gasteiger partial charge in [0.1, 0.15) is 11.5 Å². The molecule has 6 heteroatoms. The van der Waals surface area contributed by atoms with E-state index in [1.807, 2.05) is 24.3 Å². The number of carbonyl (C=O) groups is 1. The Balaban J connectivity index is 1.54. The topological polar surface area (TPSA) is 60.0 Å². The van der Waals surface area contributed by atoms with Gasteiger partial charge in [-0.3, -0.25) is 9.69 Å². The van der Waals surface area contributed by atoms with Crippen molar-refractivity contribution in [1.29, 1.82) is 0 Å². The minimum Gasteiger partial charge on any atom is -0.497 e. The first kappa shape index (κ1) is 23.6. The molecule has 1 atom stereocenters. The lowest BCUT2D eigenvalue weighted by Crippen LogP contribution is -2.49. The number of morpholine rings is 1. The molecule has 0 aromatic heterocycles. The maximum Gasteiger partial charge on any atom is 0.230 e. The van der Waals surface area contributed by atoms with Gasteiger partial charge in [0.25, 0.3) is 0 Å². The molecule has 1 saturated heterocycles. The van der Waals surface area contributed by atoms with Crippen LogP contribution in [-0.4, -0.2) is 57.9 Å². The number of carbonyl (C=O) groups excluding carboxylic acids is 1. The lowest BCUT2D eigenvalue weighted by atomic mass is 9.68. The largest absolute Gasteiger partial charge is 0.497 e. The Morgan fingerprint density at radius 2 is 1.52 bits per heavy atom. The summed E-state index contributed by atoms with van der Waals surface area (Å²) in [5.41, 5.74) is 1.80. The van der Waals surface area contributed by atoms with Gasteiger partial charge in [0.2, 0.25) is 5.91 Å². The summed E-state index contributed by atoms with van der Waals surface area (Å²) >= 11 is 0. The van der Waals surface area contributed by atoms with Crippen molar-refractivity contribution in [2.75, 3.05) is 47.1 Å². The maximum absolute atomic E-state index is 13.8. The van der Waals surface area contributed by atoms with Gasteiger partial charge in [0.15, 0.2) is 0 Å². The number of benzene rings is 2. The van der Waals surface area contributed by atoms with Crippen LogP contribution in [0.4, 0.5) is 0 Å². The van der Waals surface area contributed by atoms with E-state index in [9.17, 15) is 4.79 Å². The molecule has 1 heterocycles. The highest BCUT2D eigenvalue weighted by atomic mass is 16.5. The molecule has 1 saturated carbocycles. The van der Waals surface area contributed by atoms with Crippen LogP contribution < -0.4 is 14.8 Å². The second kappa shape index (κ2) is 11.0. The summed E-state index contributed by atoms with van der Waals surface area (Å²) in [5.74, 6) is 1.79. The number of hydrogen-bond acceptors (Lipinski definition) is 5. The number of nitrogens with zero attached hydrogens (tertiary/aromatic N) is 1. The van der Waals surface area contributed by atoms with Crippen LogP contribution in [0.3, 0.4) is 0 Å². The smallest absolute Gasteiger partial charge is 0.230 e. The zero-order valence-electron chi connectivity index (χ0n) is 19.8. The highest BCUT2D eigenvalue weighted by Crippen LogP contribution is 2.40. The van der Waals surface area contributed by atoms with Crippen LogP contribution >= 0.6 is 0 Å². The summed E-state index contributed by atoms with van der Waals surface area (Å²) in [6.07, 6.45) is 5.11. The third kappa shape index (κ3) is 5.33.